The van der Waals surface area contributed by atoms with Gasteiger partial charge in [-0.15, -0.1) is 0 Å². The van der Waals surface area contributed by atoms with Crippen molar-refractivity contribution in [3.05, 3.63) is 59.7 Å². The van der Waals surface area contributed by atoms with Crippen molar-refractivity contribution >= 4 is 5.69 Å². The Hall–Kier alpha value is -2.51. The van der Waals surface area contributed by atoms with E-state index in [1.807, 2.05) is 49.4 Å². The minimum absolute atomic E-state index is 0.0860. The second-order valence-electron chi connectivity index (χ2n) is 5.57. The molecule has 0 aromatic heterocycles. The van der Waals surface area contributed by atoms with Crippen molar-refractivity contribution < 1.29 is 9.47 Å². The second-order valence-corrected chi connectivity index (χ2v) is 5.57. The number of hydrogen-bond donors (Lipinski definition) is 1. The van der Waals surface area contributed by atoms with Crippen molar-refractivity contribution in [2.24, 2.45) is 0 Å². The van der Waals surface area contributed by atoms with Crippen LogP contribution in [0.3, 0.4) is 0 Å². The van der Waals surface area contributed by atoms with E-state index < -0.39 is 5.79 Å². The summed E-state index contributed by atoms with van der Waals surface area (Å²) in [7, 11) is 1.66. The normalized spacial score (nSPS) is 23.0. The number of para-hydroxylation sites is 1. The number of benzene rings is 2. The molecule has 4 nitrogen and oxygen atoms in total. The molecular weight excluding hydrogens is 276 g/mol. The van der Waals surface area contributed by atoms with Crippen LogP contribution >= 0.6 is 0 Å². The zero-order chi connectivity index (χ0) is 15.6. The SMILES string of the molecule is CO[C@@]1(C)C[C@H](Nc2ccc(C#N)cc2)c2ccccc2O1. The molecule has 0 saturated carbocycles. The van der Waals surface area contributed by atoms with E-state index >= 15 is 0 Å². The molecule has 1 aliphatic heterocycles. The molecule has 3 rings (SSSR count). The Morgan fingerprint density at radius 2 is 1.95 bits per heavy atom. The lowest BCUT2D eigenvalue weighted by molar-refractivity contribution is -0.164. The molecular formula is C18H18N2O2. The molecule has 0 radical (unpaired) electrons. The van der Waals surface area contributed by atoms with Crippen LogP contribution in [0.4, 0.5) is 5.69 Å². The summed E-state index contributed by atoms with van der Waals surface area (Å²) in [6.45, 7) is 1.94. The number of anilines is 1. The van der Waals surface area contributed by atoms with Gasteiger partial charge in [-0.2, -0.15) is 5.26 Å². The summed E-state index contributed by atoms with van der Waals surface area (Å²) in [5.74, 6) is 0.183. The third-order valence-corrected chi connectivity index (χ3v) is 3.98. The molecule has 0 fully saturated rings. The summed E-state index contributed by atoms with van der Waals surface area (Å²) in [6.07, 6.45) is 0.695. The van der Waals surface area contributed by atoms with E-state index in [1.165, 1.54) is 0 Å². The first-order valence-electron chi connectivity index (χ1n) is 7.23. The topological polar surface area (TPSA) is 54.3 Å². The molecule has 2 aromatic carbocycles. The maximum Gasteiger partial charge on any atom is 0.209 e. The fourth-order valence-electron chi connectivity index (χ4n) is 2.71. The highest BCUT2D eigenvalue weighted by atomic mass is 16.7. The van der Waals surface area contributed by atoms with Crippen molar-refractivity contribution in [3.8, 4) is 11.8 Å². The first-order valence-corrected chi connectivity index (χ1v) is 7.23. The monoisotopic (exact) mass is 294 g/mol. The van der Waals surface area contributed by atoms with Gasteiger partial charge >= 0.3 is 0 Å². The zero-order valence-corrected chi connectivity index (χ0v) is 12.7. The van der Waals surface area contributed by atoms with Crippen molar-refractivity contribution in [1.29, 1.82) is 5.26 Å². The van der Waals surface area contributed by atoms with Crippen LogP contribution in [-0.4, -0.2) is 12.9 Å². The molecule has 0 bridgehead atoms. The molecule has 0 aliphatic carbocycles. The molecule has 0 unspecified atom stereocenters. The Labute approximate surface area is 130 Å². The molecule has 2 aromatic rings. The minimum Gasteiger partial charge on any atom is -0.462 e. The highest BCUT2D eigenvalue weighted by Gasteiger charge is 2.37. The highest BCUT2D eigenvalue weighted by molar-refractivity contribution is 5.51. The van der Waals surface area contributed by atoms with Crippen LogP contribution in [0.15, 0.2) is 48.5 Å². The van der Waals surface area contributed by atoms with Gasteiger partial charge in [-0.1, -0.05) is 18.2 Å². The van der Waals surface area contributed by atoms with E-state index in [0.717, 1.165) is 17.0 Å². The number of fused-ring (bicyclic) bond motifs is 1. The van der Waals surface area contributed by atoms with Crippen molar-refractivity contribution in [2.45, 2.75) is 25.2 Å². The third-order valence-electron chi connectivity index (χ3n) is 3.98. The van der Waals surface area contributed by atoms with Gasteiger partial charge in [-0.3, -0.25) is 0 Å². The number of hydrogen-bond acceptors (Lipinski definition) is 4. The summed E-state index contributed by atoms with van der Waals surface area (Å²) in [5.41, 5.74) is 2.74. The maximum atomic E-state index is 8.88. The van der Waals surface area contributed by atoms with Gasteiger partial charge in [0.15, 0.2) is 0 Å². The summed E-state index contributed by atoms with van der Waals surface area (Å²) in [6, 6.07) is 17.6. The van der Waals surface area contributed by atoms with Gasteiger partial charge in [0, 0.05) is 31.7 Å². The number of methoxy groups -OCH3 is 1. The van der Waals surface area contributed by atoms with Crippen molar-refractivity contribution in [1.82, 2.24) is 0 Å². The molecule has 0 spiro atoms. The largest absolute Gasteiger partial charge is 0.462 e. The van der Waals surface area contributed by atoms with Crippen LogP contribution in [0, 0.1) is 11.3 Å². The molecule has 22 heavy (non-hydrogen) atoms. The van der Waals surface area contributed by atoms with Crippen molar-refractivity contribution in [2.75, 3.05) is 12.4 Å². The maximum absolute atomic E-state index is 8.88. The second kappa shape index (κ2) is 5.70. The van der Waals surface area contributed by atoms with E-state index in [1.54, 1.807) is 7.11 Å². The zero-order valence-electron chi connectivity index (χ0n) is 12.7. The van der Waals surface area contributed by atoms with Gasteiger partial charge in [0.2, 0.25) is 5.79 Å². The van der Waals surface area contributed by atoms with Crippen LogP contribution < -0.4 is 10.1 Å². The number of nitrogens with zero attached hydrogens (tertiary/aromatic N) is 1. The summed E-state index contributed by atoms with van der Waals surface area (Å²) >= 11 is 0. The number of ether oxygens (including phenoxy) is 2. The number of nitriles is 1. The van der Waals surface area contributed by atoms with E-state index in [9.17, 15) is 0 Å². The van der Waals surface area contributed by atoms with E-state index in [4.69, 9.17) is 14.7 Å². The smallest absolute Gasteiger partial charge is 0.209 e. The Morgan fingerprint density at radius 1 is 1.23 bits per heavy atom. The molecule has 1 heterocycles. The number of rotatable bonds is 3. The van der Waals surface area contributed by atoms with E-state index in [-0.39, 0.29) is 6.04 Å². The van der Waals surface area contributed by atoms with Crippen LogP contribution in [-0.2, 0) is 4.74 Å². The van der Waals surface area contributed by atoms with E-state index in [0.29, 0.717) is 12.0 Å². The van der Waals surface area contributed by atoms with Gasteiger partial charge in [-0.05, 0) is 30.3 Å². The van der Waals surface area contributed by atoms with Gasteiger partial charge in [0.25, 0.3) is 0 Å². The van der Waals surface area contributed by atoms with Gasteiger partial charge in [0.05, 0.1) is 17.7 Å². The summed E-state index contributed by atoms with van der Waals surface area (Å²) in [5, 5.41) is 12.4. The third kappa shape index (κ3) is 2.76. The van der Waals surface area contributed by atoms with Crippen molar-refractivity contribution in [3.63, 3.8) is 0 Å². The first kappa shape index (κ1) is 14.4. The van der Waals surface area contributed by atoms with Crippen LogP contribution in [0.2, 0.25) is 0 Å². The molecule has 0 saturated heterocycles. The standard InChI is InChI=1S/C18H18N2O2/c1-18(21-2)11-16(15-5-3-4-6-17(15)22-18)20-14-9-7-13(12-19)8-10-14/h3-10,16,20H,11H2,1-2H3/t16-,18+/m0/s1. The molecule has 4 heteroatoms. The predicted molar refractivity (Wildman–Crippen MR) is 84.6 cm³/mol. The Bertz CT molecular complexity index is 706. The summed E-state index contributed by atoms with van der Waals surface area (Å²) < 4.78 is 11.5. The first-order chi connectivity index (χ1) is 10.6. The molecule has 1 N–H and O–H groups in total. The van der Waals surface area contributed by atoms with Crippen LogP contribution in [0.1, 0.15) is 30.5 Å². The van der Waals surface area contributed by atoms with E-state index in [2.05, 4.69) is 17.5 Å². The fraction of sp³-hybridized carbons (Fsp3) is 0.278. The average Bonchev–Trinajstić information content (AvgIpc) is 2.55. The van der Waals surface area contributed by atoms with Crippen LogP contribution in [0.25, 0.3) is 0 Å². The fourth-order valence-corrected chi connectivity index (χ4v) is 2.71. The lowest BCUT2D eigenvalue weighted by Crippen LogP contribution is -2.41. The molecule has 1 aliphatic rings. The Balaban J connectivity index is 1.90. The minimum atomic E-state index is -0.654. The molecule has 112 valence electrons. The van der Waals surface area contributed by atoms with Crippen LogP contribution in [0.5, 0.6) is 5.75 Å². The highest BCUT2D eigenvalue weighted by Crippen LogP contribution is 2.41. The van der Waals surface area contributed by atoms with Gasteiger partial charge < -0.3 is 14.8 Å². The van der Waals surface area contributed by atoms with Gasteiger partial charge in [-0.25, -0.2) is 0 Å². The molecule has 0 amide bonds. The summed E-state index contributed by atoms with van der Waals surface area (Å²) in [4.78, 5) is 0. The quantitative estimate of drug-likeness (QED) is 0.934. The Morgan fingerprint density at radius 3 is 2.64 bits per heavy atom. The lowest BCUT2D eigenvalue weighted by Gasteiger charge is -2.39. The molecule has 2 atom stereocenters. The predicted octanol–water partition coefficient (Wildman–Crippen LogP) is 3.86. The van der Waals surface area contributed by atoms with Gasteiger partial charge in [0.1, 0.15) is 5.75 Å². The number of nitrogens with one attached hydrogen (secondary N) is 1. The average molecular weight is 294 g/mol. The lowest BCUT2D eigenvalue weighted by atomic mass is 9.94. The Kier molecular flexibility index (Phi) is 3.74.